The summed E-state index contributed by atoms with van der Waals surface area (Å²) in [5, 5.41) is 24.1. The van der Waals surface area contributed by atoms with E-state index in [0.29, 0.717) is 41.0 Å². The number of thioether (sulfide) groups is 1. The fraction of sp³-hybridized carbons (Fsp3) is 0.700. The number of ether oxygens (including phenoxy) is 4. The number of benzene rings is 2. The average molecular weight is 979 g/mol. The molecule has 6 heterocycles. The van der Waals surface area contributed by atoms with Gasteiger partial charge in [-0.1, -0.05) is 41.5 Å². The van der Waals surface area contributed by atoms with Crippen LogP contribution in [0, 0.1) is 45.3 Å². The van der Waals surface area contributed by atoms with Crippen molar-refractivity contribution in [2.24, 2.45) is 39.0 Å². The van der Waals surface area contributed by atoms with Crippen LogP contribution < -0.4 is 46.3 Å². The monoisotopic (exact) mass is 979 g/mol. The van der Waals surface area contributed by atoms with Gasteiger partial charge >= 0.3 is 6.36 Å². The van der Waals surface area contributed by atoms with Crippen molar-refractivity contribution in [2.45, 2.75) is 147 Å². The molecule has 5 saturated heterocycles. The fourth-order valence-electron chi connectivity index (χ4n) is 13.2. The summed E-state index contributed by atoms with van der Waals surface area (Å²) in [6.07, 6.45) is 0.196. The third-order valence-corrected chi connectivity index (χ3v) is 18.5. The molecular weight excluding hydrogens is 910 g/mol. The largest absolute Gasteiger partial charge is 0.573 e. The van der Waals surface area contributed by atoms with E-state index in [9.17, 15) is 23.2 Å². The number of rotatable bonds is 11. The smallest absolute Gasteiger partial charge is 0.490 e. The molecule has 6 aliphatic heterocycles. The number of fused-ring (bicyclic) bond motifs is 3. The molecule has 2 aromatic carbocycles. The van der Waals surface area contributed by atoms with E-state index >= 15 is 0 Å². The number of piperidine rings is 1. The van der Waals surface area contributed by atoms with E-state index in [2.05, 4.69) is 103 Å². The minimum absolute atomic E-state index is 0.00338. The molecule has 8 atom stereocenters. The number of hydrogen-bond donors (Lipinski definition) is 6. The molecule has 2 saturated carbocycles. The number of halogens is 3. The van der Waals surface area contributed by atoms with Crippen molar-refractivity contribution in [1.82, 2.24) is 41.9 Å². The van der Waals surface area contributed by atoms with Crippen LogP contribution in [-0.2, 0) is 9.53 Å². The Morgan fingerprint density at radius 2 is 1.67 bits per heavy atom. The summed E-state index contributed by atoms with van der Waals surface area (Å²) in [6.45, 7) is 19.5. The van der Waals surface area contributed by atoms with Crippen LogP contribution in [0.25, 0.3) is 0 Å². The van der Waals surface area contributed by atoms with Gasteiger partial charge in [0.1, 0.15) is 36.2 Å². The number of carbonyl (C=O) groups is 1. The molecule has 376 valence electrons. The van der Waals surface area contributed by atoms with Gasteiger partial charge in [-0.2, -0.15) is 5.26 Å². The van der Waals surface area contributed by atoms with Crippen LogP contribution in [-0.4, -0.2) is 127 Å². The first kappa shape index (κ1) is 48.9. The molecule has 7 fully saturated rings. The van der Waals surface area contributed by atoms with Gasteiger partial charge in [0, 0.05) is 79.0 Å². The van der Waals surface area contributed by atoms with Crippen molar-refractivity contribution < 1.29 is 36.9 Å². The predicted octanol–water partition coefficient (Wildman–Crippen LogP) is 5.47. The Labute approximate surface area is 408 Å². The predicted molar refractivity (Wildman–Crippen MR) is 256 cm³/mol. The van der Waals surface area contributed by atoms with Crippen molar-refractivity contribution in [3.05, 3.63) is 53.6 Å². The Kier molecular flexibility index (Phi) is 13.3. The summed E-state index contributed by atoms with van der Waals surface area (Å²) in [7, 11) is 0. The first-order chi connectivity index (χ1) is 32.8. The molecule has 0 radical (unpaired) electrons. The number of amides is 1. The molecule has 1 spiro atoms. The van der Waals surface area contributed by atoms with Crippen molar-refractivity contribution in [3.8, 4) is 23.3 Å². The second kappa shape index (κ2) is 18.7. The molecular formula is C50H69F3N10O5S. The lowest BCUT2D eigenvalue weighted by molar-refractivity contribution is -0.274. The van der Waals surface area contributed by atoms with Gasteiger partial charge in [-0.25, -0.2) is 10.9 Å². The van der Waals surface area contributed by atoms with E-state index in [1.807, 2.05) is 27.7 Å². The molecule has 6 N–H and O–H groups in total. The lowest BCUT2D eigenvalue weighted by Gasteiger charge is -2.63. The molecule has 8 aliphatic rings. The molecule has 15 nitrogen and oxygen atoms in total. The van der Waals surface area contributed by atoms with Gasteiger partial charge in [0.15, 0.2) is 5.75 Å². The highest BCUT2D eigenvalue weighted by molar-refractivity contribution is 8.00. The van der Waals surface area contributed by atoms with E-state index in [4.69, 9.17) is 19.2 Å². The number of nitrogens with one attached hydrogen (secondary N) is 6. The lowest BCUT2D eigenvalue weighted by Crippen LogP contribution is -2.75. The number of hydrogen-bond acceptors (Lipinski definition) is 15. The maximum absolute atomic E-state index is 13.7. The quantitative estimate of drug-likeness (QED) is 0.168. The third-order valence-electron chi connectivity index (χ3n) is 16.9. The van der Waals surface area contributed by atoms with Crippen LogP contribution >= 0.6 is 11.8 Å². The summed E-state index contributed by atoms with van der Waals surface area (Å²) >= 11 is 2.08. The van der Waals surface area contributed by atoms with Crippen molar-refractivity contribution >= 4 is 23.4 Å². The van der Waals surface area contributed by atoms with Crippen LogP contribution in [0.3, 0.4) is 0 Å². The average Bonchev–Trinajstić information content (AvgIpc) is 4.02. The minimum Gasteiger partial charge on any atom is -0.490 e. The molecule has 0 aromatic heterocycles. The Morgan fingerprint density at radius 3 is 2.32 bits per heavy atom. The van der Waals surface area contributed by atoms with Crippen molar-refractivity contribution in [2.75, 3.05) is 39.3 Å². The second-order valence-electron chi connectivity index (χ2n) is 22.1. The van der Waals surface area contributed by atoms with Crippen molar-refractivity contribution in [1.29, 1.82) is 5.26 Å². The van der Waals surface area contributed by atoms with Crippen LogP contribution in [0.2, 0.25) is 0 Å². The standard InChI is InChI=1S/C50H69F3N10O5S/c1-27-28(2)69-43-39(27)40(58-36(21-38-55-16-19-65-38)41-61-60-29(3)63(41)43)30-8-11-33(12-9-30)66-35-22-49(23-35)14-17-62(18-15-49)46-56-25-32(26-57-46)42(64)59-44-47(4,5)45(48(44,6)7)67-34-13-10-31(24-54)37(20-34)68-50(51,52)53/h8-13,20,27-29,32,35-36,38-39,41,43-46,55-57,60-61H,14-19,21-23,25-26H2,1-7H3,(H,59,64)/t27?,28?,29?,32?,36-,38?,39?,41?,43?,44?,45?,46?/m0/s1. The van der Waals surface area contributed by atoms with Crippen molar-refractivity contribution in [3.63, 3.8) is 0 Å². The number of hydrazine groups is 1. The molecule has 2 aliphatic carbocycles. The highest BCUT2D eigenvalue weighted by Crippen LogP contribution is 2.56. The molecule has 10 rings (SSSR count). The Bertz CT molecular complexity index is 2250. The Balaban J connectivity index is 0.689. The molecule has 2 aromatic rings. The maximum Gasteiger partial charge on any atom is 0.573 e. The van der Waals surface area contributed by atoms with Crippen LogP contribution in [0.1, 0.15) is 91.7 Å². The summed E-state index contributed by atoms with van der Waals surface area (Å²) in [5.74, 6) is 0.890. The van der Waals surface area contributed by atoms with Gasteiger partial charge in [0.2, 0.25) is 5.91 Å². The number of alkyl halides is 3. The van der Waals surface area contributed by atoms with Gasteiger partial charge in [0.05, 0.1) is 47.9 Å². The van der Waals surface area contributed by atoms with E-state index in [-0.39, 0.29) is 66.2 Å². The maximum atomic E-state index is 13.7. The Hall–Kier alpha value is -3.71. The zero-order chi connectivity index (χ0) is 48.6. The van der Waals surface area contributed by atoms with Crippen LogP contribution in [0.4, 0.5) is 13.2 Å². The summed E-state index contributed by atoms with van der Waals surface area (Å²) in [6, 6.07) is 14.1. The first-order valence-electron chi connectivity index (χ1n) is 24.9. The first-order valence-corrected chi connectivity index (χ1v) is 25.9. The zero-order valence-corrected chi connectivity index (χ0v) is 41.5. The summed E-state index contributed by atoms with van der Waals surface area (Å²) in [4.78, 5) is 24.4. The van der Waals surface area contributed by atoms with Crippen LogP contribution in [0.15, 0.2) is 47.5 Å². The van der Waals surface area contributed by atoms with Gasteiger partial charge in [-0.15, -0.1) is 24.9 Å². The summed E-state index contributed by atoms with van der Waals surface area (Å²) < 4.78 is 62.1. The lowest BCUT2D eigenvalue weighted by atomic mass is 9.49. The molecule has 19 heteroatoms. The molecule has 0 bridgehead atoms. The number of carbonyl (C=O) groups excluding carboxylic acids is 1. The Morgan fingerprint density at radius 1 is 0.971 bits per heavy atom. The minimum atomic E-state index is -4.95. The van der Waals surface area contributed by atoms with Gasteiger partial charge in [-0.3, -0.25) is 35.5 Å². The van der Waals surface area contributed by atoms with E-state index in [1.54, 1.807) is 6.07 Å². The molecule has 1 amide bonds. The normalized spacial score (nSPS) is 36.2. The topological polar surface area (TPSA) is 169 Å². The van der Waals surface area contributed by atoms with E-state index in [1.165, 1.54) is 23.4 Å². The number of aliphatic imine (C=N–C) groups is 1. The van der Waals surface area contributed by atoms with Gasteiger partial charge in [0.25, 0.3) is 0 Å². The van der Waals surface area contributed by atoms with Gasteiger partial charge < -0.3 is 24.3 Å². The zero-order valence-electron chi connectivity index (χ0n) is 40.7. The SMILES string of the molecule is CC1SC2C(C(c3ccc(OC4CC5(CCN(C6NCC(C(=O)NC7C(C)(C)C(Oc8ccc(C#N)c(OC(F)(F)F)c8)C7(C)C)CN6)CC5)C4)cc3)=N[C@@H](CC3NCCO3)C3NNC(C)N23)C1C. The number of nitriles is 1. The fourth-order valence-corrected chi connectivity index (χ4v) is 15.1. The molecule has 69 heavy (non-hydrogen) atoms. The highest BCUT2D eigenvalue weighted by Gasteiger charge is 2.64. The second-order valence-corrected chi connectivity index (χ2v) is 23.6. The summed E-state index contributed by atoms with van der Waals surface area (Å²) in [5.41, 5.74) is 8.46. The highest BCUT2D eigenvalue weighted by atomic mass is 32.2. The number of nitrogens with zero attached hydrogens (tertiary/aromatic N) is 4. The van der Waals surface area contributed by atoms with Gasteiger partial charge in [-0.05, 0) is 85.9 Å². The van der Waals surface area contributed by atoms with Crippen LogP contribution in [0.5, 0.6) is 17.2 Å². The third kappa shape index (κ3) is 9.47. The van der Waals surface area contributed by atoms with E-state index < -0.39 is 29.0 Å². The molecule has 7 unspecified atom stereocenters. The van der Waals surface area contributed by atoms with E-state index in [0.717, 1.165) is 70.2 Å². The number of likely N-dealkylation sites (tertiary alicyclic amines) is 1.